The average molecular weight is 167 g/mol. The van der Waals surface area contributed by atoms with Gasteiger partial charge in [0, 0.05) is 0 Å². The van der Waals surface area contributed by atoms with E-state index in [0.717, 1.165) is 0 Å². The zero-order chi connectivity index (χ0) is 9.07. The van der Waals surface area contributed by atoms with Crippen molar-refractivity contribution in [2.45, 2.75) is 58.8 Å². The minimum absolute atomic E-state index is 1.26. The highest BCUT2D eigenvalue weighted by Gasteiger charge is 1.87. The molecule has 0 fully saturated rings. The second-order valence-electron chi connectivity index (χ2n) is 3.32. The minimum atomic E-state index is 1.26. The summed E-state index contributed by atoms with van der Waals surface area (Å²) in [7, 11) is 0. The van der Waals surface area contributed by atoms with Gasteiger partial charge in [0.25, 0.3) is 0 Å². The summed E-state index contributed by atoms with van der Waals surface area (Å²) in [5.41, 5.74) is 0. The molecule has 0 aromatic heterocycles. The fourth-order valence-corrected chi connectivity index (χ4v) is 1.27. The molecule has 0 bridgehead atoms. The van der Waals surface area contributed by atoms with Crippen molar-refractivity contribution >= 4 is 0 Å². The average Bonchev–Trinajstić information content (AvgIpc) is 2.10. The van der Waals surface area contributed by atoms with Gasteiger partial charge in [-0.2, -0.15) is 0 Å². The van der Waals surface area contributed by atoms with Crippen LogP contribution in [0.2, 0.25) is 0 Å². The first kappa shape index (κ1) is 11.7. The second-order valence-corrected chi connectivity index (χ2v) is 3.32. The molecule has 0 aromatic rings. The molecule has 12 heavy (non-hydrogen) atoms. The largest absolute Gasteiger partial charge is 0.0882 e. The predicted molar refractivity (Wildman–Crippen MR) is 57.1 cm³/mol. The van der Waals surface area contributed by atoms with Gasteiger partial charge in [0.1, 0.15) is 0 Å². The summed E-state index contributed by atoms with van der Waals surface area (Å²) >= 11 is 0. The summed E-state index contributed by atoms with van der Waals surface area (Å²) in [6, 6.07) is 0. The normalized spacial score (nSPS) is 11.2. The molecule has 0 atom stereocenters. The lowest BCUT2D eigenvalue weighted by Crippen LogP contribution is -1.77. The maximum Gasteiger partial charge on any atom is -0.0202 e. The number of allylic oxidation sites excluding steroid dienone is 2. The Balaban J connectivity index is 2.86. The minimum Gasteiger partial charge on any atom is -0.0882 e. The summed E-state index contributed by atoms with van der Waals surface area (Å²) in [5, 5.41) is 0. The van der Waals surface area contributed by atoms with Gasteiger partial charge in [0.05, 0.1) is 0 Å². The van der Waals surface area contributed by atoms with Crippen LogP contribution in [0, 0.1) is 6.42 Å². The smallest absolute Gasteiger partial charge is 0.0202 e. The first-order valence-corrected chi connectivity index (χ1v) is 5.36. The van der Waals surface area contributed by atoms with Gasteiger partial charge in [-0.25, -0.2) is 0 Å². The van der Waals surface area contributed by atoms with Crippen molar-refractivity contribution < 1.29 is 0 Å². The Morgan fingerprint density at radius 1 is 0.917 bits per heavy atom. The predicted octanol–water partition coefficient (Wildman–Crippen LogP) is 4.52. The van der Waals surface area contributed by atoms with Gasteiger partial charge in [-0.05, 0) is 19.3 Å². The molecule has 0 spiro atoms. The molecule has 0 N–H and O–H groups in total. The molecule has 0 unspecified atom stereocenters. The van der Waals surface area contributed by atoms with E-state index in [0.29, 0.717) is 0 Å². The third-order valence-electron chi connectivity index (χ3n) is 2.05. The summed E-state index contributed by atoms with van der Waals surface area (Å²) < 4.78 is 0. The van der Waals surface area contributed by atoms with E-state index in [-0.39, 0.29) is 0 Å². The number of rotatable bonds is 8. The van der Waals surface area contributed by atoms with Crippen molar-refractivity contribution in [3.63, 3.8) is 0 Å². The highest BCUT2D eigenvalue weighted by atomic mass is 13.9. The van der Waals surface area contributed by atoms with Crippen LogP contribution in [-0.4, -0.2) is 0 Å². The van der Waals surface area contributed by atoms with Crippen LogP contribution in [0.15, 0.2) is 12.2 Å². The summed E-state index contributed by atoms with van der Waals surface area (Å²) in [4.78, 5) is 0. The van der Waals surface area contributed by atoms with Crippen LogP contribution in [0.5, 0.6) is 0 Å². The monoisotopic (exact) mass is 167 g/mol. The molecule has 71 valence electrons. The van der Waals surface area contributed by atoms with Gasteiger partial charge < -0.3 is 0 Å². The molecule has 0 saturated heterocycles. The molecular weight excluding hydrogens is 144 g/mol. The van der Waals surface area contributed by atoms with Gasteiger partial charge in [-0.3, -0.25) is 0 Å². The standard InChI is InChI=1S/C12H23/c1-3-5-7-9-11-12-10-8-6-4-2/h3,5,7H,4,6,8-12H2,1-2H3. The van der Waals surface area contributed by atoms with E-state index in [9.17, 15) is 0 Å². The number of hydrogen-bond acceptors (Lipinski definition) is 0. The van der Waals surface area contributed by atoms with Gasteiger partial charge in [0.15, 0.2) is 0 Å². The zero-order valence-corrected chi connectivity index (χ0v) is 8.68. The van der Waals surface area contributed by atoms with Gasteiger partial charge in [-0.15, -0.1) is 0 Å². The molecule has 0 amide bonds. The Morgan fingerprint density at radius 3 is 2.25 bits per heavy atom. The third kappa shape index (κ3) is 9.74. The van der Waals surface area contributed by atoms with Crippen LogP contribution in [0.1, 0.15) is 58.8 Å². The number of unbranched alkanes of at least 4 members (excludes halogenated alkanes) is 6. The van der Waals surface area contributed by atoms with Crippen LogP contribution in [0.3, 0.4) is 0 Å². The van der Waals surface area contributed by atoms with Crippen molar-refractivity contribution in [1.29, 1.82) is 0 Å². The summed E-state index contributed by atoms with van der Waals surface area (Å²) in [6.07, 6.45) is 16.2. The molecule has 0 aliphatic heterocycles. The van der Waals surface area contributed by atoms with Gasteiger partial charge >= 0.3 is 0 Å². The molecule has 1 radical (unpaired) electrons. The zero-order valence-electron chi connectivity index (χ0n) is 8.68. The van der Waals surface area contributed by atoms with Crippen molar-refractivity contribution in [1.82, 2.24) is 0 Å². The van der Waals surface area contributed by atoms with E-state index in [4.69, 9.17) is 0 Å². The Morgan fingerprint density at radius 2 is 1.58 bits per heavy atom. The lowest BCUT2D eigenvalue weighted by molar-refractivity contribution is 0.611. The molecule has 0 aromatic carbocycles. The van der Waals surface area contributed by atoms with Crippen molar-refractivity contribution in [3.8, 4) is 0 Å². The lowest BCUT2D eigenvalue weighted by Gasteiger charge is -1.97. The lowest BCUT2D eigenvalue weighted by atomic mass is 10.1. The van der Waals surface area contributed by atoms with E-state index >= 15 is 0 Å². The maximum atomic E-state index is 2.26. The van der Waals surface area contributed by atoms with Crippen LogP contribution in [0.25, 0.3) is 0 Å². The Kier molecular flexibility index (Phi) is 10.5. The Bertz CT molecular complexity index is 92.2. The van der Waals surface area contributed by atoms with Gasteiger partial charge in [-0.1, -0.05) is 58.1 Å². The quantitative estimate of drug-likeness (QED) is 0.466. The molecule has 0 aliphatic carbocycles. The first-order valence-electron chi connectivity index (χ1n) is 5.36. The van der Waals surface area contributed by atoms with Crippen molar-refractivity contribution in [2.24, 2.45) is 0 Å². The highest BCUT2D eigenvalue weighted by molar-refractivity contribution is 4.91. The van der Waals surface area contributed by atoms with E-state index < -0.39 is 0 Å². The molecule has 0 saturated carbocycles. The fourth-order valence-electron chi connectivity index (χ4n) is 1.27. The van der Waals surface area contributed by atoms with Crippen LogP contribution >= 0.6 is 0 Å². The van der Waals surface area contributed by atoms with Crippen LogP contribution in [0.4, 0.5) is 0 Å². The van der Waals surface area contributed by atoms with Crippen molar-refractivity contribution in [3.05, 3.63) is 18.6 Å². The fraction of sp³-hybridized carbons (Fsp3) is 0.750. The van der Waals surface area contributed by atoms with E-state index in [1.165, 1.54) is 44.9 Å². The van der Waals surface area contributed by atoms with E-state index in [1.807, 2.05) is 0 Å². The summed E-state index contributed by atoms with van der Waals surface area (Å²) in [5.74, 6) is 0. The van der Waals surface area contributed by atoms with Crippen LogP contribution in [-0.2, 0) is 0 Å². The topological polar surface area (TPSA) is 0 Å². The van der Waals surface area contributed by atoms with Crippen LogP contribution < -0.4 is 0 Å². The highest BCUT2D eigenvalue weighted by Crippen LogP contribution is 2.06. The second kappa shape index (κ2) is 10.7. The molecule has 0 aliphatic rings. The maximum absolute atomic E-state index is 2.26. The van der Waals surface area contributed by atoms with Gasteiger partial charge in [0.2, 0.25) is 0 Å². The van der Waals surface area contributed by atoms with E-state index in [2.05, 4.69) is 32.4 Å². The summed E-state index contributed by atoms with van der Waals surface area (Å²) in [6.45, 7) is 4.33. The third-order valence-corrected chi connectivity index (χ3v) is 2.05. The van der Waals surface area contributed by atoms with Crippen molar-refractivity contribution in [2.75, 3.05) is 0 Å². The van der Waals surface area contributed by atoms with E-state index in [1.54, 1.807) is 0 Å². The molecule has 0 heteroatoms. The Labute approximate surface area is 78.1 Å². The Hall–Kier alpha value is -0.260. The SMILES string of the molecule is C[CH]C=CCCCCCCCC. The molecule has 0 heterocycles. The first-order chi connectivity index (χ1) is 5.91. The molecule has 0 nitrogen and oxygen atoms in total. The molecule has 0 rings (SSSR count). The number of hydrogen-bond donors (Lipinski definition) is 0. The molecular formula is C12H23.